The van der Waals surface area contributed by atoms with Crippen molar-refractivity contribution in [3.63, 3.8) is 0 Å². The van der Waals surface area contributed by atoms with Crippen LogP contribution in [-0.2, 0) is 0 Å². The topological polar surface area (TPSA) is 44.3 Å². The number of benzene rings is 1. The molecule has 2 aliphatic heterocycles. The van der Waals surface area contributed by atoms with Gasteiger partial charge in [-0.05, 0) is 49.1 Å². The van der Waals surface area contributed by atoms with Crippen LogP contribution in [0.1, 0.15) is 24.3 Å². The van der Waals surface area contributed by atoms with E-state index in [-0.39, 0.29) is 0 Å². The summed E-state index contributed by atoms with van der Waals surface area (Å²) >= 11 is 0. The first-order valence-corrected chi connectivity index (χ1v) is 5.16. The van der Waals surface area contributed by atoms with Crippen molar-refractivity contribution < 1.29 is 5.11 Å². The molecule has 14 heavy (non-hydrogen) atoms. The molecular weight excluding hydrogens is 176 g/mol. The Morgan fingerprint density at radius 1 is 1.36 bits per heavy atom. The minimum Gasteiger partial charge on any atom is -0.508 e. The molecule has 74 valence electrons. The molecule has 2 heterocycles. The lowest BCUT2D eigenvalue weighted by atomic mass is 9.84. The lowest BCUT2D eigenvalue weighted by Gasteiger charge is -2.38. The summed E-state index contributed by atoms with van der Waals surface area (Å²) in [4.78, 5) is 0. The predicted octanol–water partition coefficient (Wildman–Crippen LogP) is 1.61. The summed E-state index contributed by atoms with van der Waals surface area (Å²) in [5.41, 5.74) is 2.46. The van der Waals surface area contributed by atoms with Gasteiger partial charge in [-0.15, -0.1) is 0 Å². The number of aromatic hydroxyl groups is 1. The van der Waals surface area contributed by atoms with Crippen LogP contribution in [-0.4, -0.2) is 17.8 Å². The quantitative estimate of drug-likeness (QED) is 0.545. The average molecular weight is 190 g/mol. The Morgan fingerprint density at radius 3 is 3.21 bits per heavy atom. The number of rotatable bonds is 0. The molecule has 3 nitrogen and oxygen atoms in total. The molecule has 3 heteroatoms. The molecular formula is C11H14N2O. The number of anilines is 1. The zero-order valence-corrected chi connectivity index (χ0v) is 7.96. The van der Waals surface area contributed by atoms with Gasteiger partial charge in [0, 0.05) is 5.69 Å². The maximum absolute atomic E-state index is 9.44. The number of piperidine rings is 1. The molecule has 0 aliphatic carbocycles. The Kier molecular flexibility index (Phi) is 1.67. The number of nitrogens with one attached hydrogen (secondary N) is 2. The summed E-state index contributed by atoms with van der Waals surface area (Å²) in [6.07, 6.45) is 2.73. The maximum Gasteiger partial charge on any atom is 0.116 e. The standard InChI is InChI=1S/C11H14N2O/c14-8-1-2-10-9(6-8)7-3-4-12-11(5-7)13-10/h1-2,6-7,11-14H,3-5H2. The van der Waals surface area contributed by atoms with Crippen molar-refractivity contribution in [3.05, 3.63) is 23.8 Å². The number of hydrogen-bond acceptors (Lipinski definition) is 3. The van der Waals surface area contributed by atoms with Gasteiger partial charge in [-0.25, -0.2) is 0 Å². The van der Waals surface area contributed by atoms with Gasteiger partial charge in [0.25, 0.3) is 0 Å². The van der Waals surface area contributed by atoms with Crippen molar-refractivity contribution in [1.29, 1.82) is 0 Å². The molecule has 1 aromatic carbocycles. The molecule has 2 aliphatic rings. The molecule has 3 N–H and O–H groups in total. The summed E-state index contributed by atoms with van der Waals surface area (Å²) in [6.45, 7) is 1.07. The molecule has 0 spiro atoms. The highest BCUT2D eigenvalue weighted by Crippen LogP contribution is 2.39. The number of phenolic OH excluding ortho intramolecular Hbond substituents is 1. The third-order valence-electron chi connectivity index (χ3n) is 3.21. The van der Waals surface area contributed by atoms with E-state index in [1.54, 1.807) is 6.07 Å². The largest absolute Gasteiger partial charge is 0.508 e. The predicted molar refractivity (Wildman–Crippen MR) is 55.5 cm³/mol. The van der Waals surface area contributed by atoms with Crippen LogP contribution >= 0.6 is 0 Å². The first-order valence-electron chi connectivity index (χ1n) is 5.16. The van der Waals surface area contributed by atoms with Gasteiger partial charge in [-0.1, -0.05) is 0 Å². The highest BCUT2D eigenvalue weighted by atomic mass is 16.3. The maximum atomic E-state index is 9.44. The van der Waals surface area contributed by atoms with Gasteiger partial charge in [0.15, 0.2) is 0 Å². The Labute approximate surface area is 83.1 Å². The van der Waals surface area contributed by atoms with E-state index < -0.39 is 0 Å². The van der Waals surface area contributed by atoms with Crippen LogP contribution in [0.25, 0.3) is 0 Å². The summed E-state index contributed by atoms with van der Waals surface area (Å²) in [7, 11) is 0. The Morgan fingerprint density at radius 2 is 2.29 bits per heavy atom. The highest BCUT2D eigenvalue weighted by Gasteiger charge is 2.29. The fourth-order valence-corrected chi connectivity index (χ4v) is 2.52. The third kappa shape index (κ3) is 1.16. The second kappa shape index (κ2) is 2.89. The second-order valence-electron chi connectivity index (χ2n) is 4.14. The zero-order valence-electron chi connectivity index (χ0n) is 7.96. The minimum atomic E-state index is 0.377. The van der Waals surface area contributed by atoms with Crippen LogP contribution in [0.15, 0.2) is 18.2 Å². The van der Waals surface area contributed by atoms with E-state index in [4.69, 9.17) is 0 Å². The van der Waals surface area contributed by atoms with Crippen molar-refractivity contribution in [1.82, 2.24) is 5.32 Å². The van der Waals surface area contributed by atoms with Crippen molar-refractivity contribution in [2.75, 3.05) is 11.9 Å². The summed E-state index contributed by atoms with van der Waals surface area (Å²) < 4.78 is 0. The van der Waals surface area contributed by atoms with Crippen LogP contribution in [0, 0.1) is 0 Å². The van der Waals surface area contributed by atoms with Gasteiger partial charge < -0.3 is 10.4 Å². The van der Waals surface area contributed by atoms with Gasteiger partial charge >= 0.3 is 0 Å². The smallest absolute Gasteiger partial charge is 0.116 e. The fraction of sp³-hybridized carbons (Fsp3) is 0.455. The van der Waals surface area contributed by atoms with Crippen LogP contribution in [0.2, 0.25) is 0 Å². The molecule has 0 saturated carbocycles. The third-order valence-corrected chi connectivity index (χ3v) is 3.21. The molecule has 0 aromatic heterocycles. The van der Waals surface area contributed by atoms with E-state index in [9.17, 15) is 5.11 Å². The first kappa shape index (κ1) is 8.12. The first-order chi connectivity index (χ1) is 6.83. The van der Waals surface area contributed by atoms with Gasteiger partial charge in [-0.2, -0.15) is 0 Å². The fourth-order valence-electron chi connectivity index (χ4n) is 2.52. The van der Waals surface area contributed by atoms with E-state index >= 15 is 0 Å². The van der Waals surface area contributed by atoms with E-state index in [1.165, 1.54) is 17.7 Å². The van der Waals surface area contributed by atoms with Gasteiger partial charge in [0.05, 0.1) is 6.17 Å². The van der Waals surface area contributed by atoms with Crippen LogP contribution < -0.4 is 10.6 Å². The lowest BCUT2D eigenvalue weighted by molar-refractivity contribution is 0.373. The summed E-state index contributed by atoms with van der Waals surface area (Å²) in [6, 6.07) is 5.61. The molecule has 3 rings (SSSR count). The van der Waals surface area contributed by atoms with Gasteiger partial charge in [-0.3, -0.25) is 5.32 Å². The second-order valence-corrected chi connectivity index (χ2v) is 4.14. The zero-order chi connectivity index (χ0) is 9.54. The molecule has 0 radical (unpaired) electrons. The Hall–Kier alpha value is -1.22. The molecule has 1 aromatic rings. The summed E-state index contributed by atoms with van der Waals surface area (Å²) in [5, 5.41) is 16.3. The molecule has 2 bridgehead atoms. The van der Waals surface area contributed by atoms with E-state index in [2.05, 4.69) is 10.6 Å². The number of fused-ring (bicyclic) bond motifs is 4. The monoisotopic (exact) mass is 190 g/mol. The molecule has 2 atom stereocenters. The molecule has 0 amide bonds. The van der Waals surface area contributed by atoms with Crippen LogP contribution in [0.4, 0.5) is 5.69 Å². The SMILES string of the molecule is Oc1ccc2c(c1)C1CCNC(C1)N2. The highest BCUT2D eigenvalue weighted by molar-refractivity contribution is 5.58. The Bertz CT molecular complexity index is 364. The molecule has 1 saturated heterocycles. The van der Waals surface area contributed by atoms with E-state index in [0.717, 1.165) is 13.0 Å². The Balaban J connectivity index is 2.06. The minimum absolute atomic E-state index is 0.377. The van der Waals surface area contributed by atoms with Crippen molar-refractivity contribution in [2.45, 2.75) is 24.9 Å². The molecule has 2 unspecified atom stereocenters. The lowest BCUT2D eigenvalue weighted by Crippen LogP contribution is -2.45. The normalized spacial score (nSPS) is 29.1. The average Bonchev–Trinajstić information content (AvgIpc) is 2.20. The van der Waals surface area contributed by atoms with Crippen LogP contribution in [0.5, 0.6) is 5.75 Å². The summed E-state index contributed by atoms with van der Waals surface area (Å²) in [5.74, 6) is 0.993. The van der Waals surface area contributed by atoms with E-state index in [1.807, 2.05) is 12.1 Å². The van der Waals surface area contributed by atoms with Crippen molar-refractivity contribution in [3.8, 4) is 5.75 Å². The number of phenols is 1. The van der Waals surface area contributed by atoms with Gasteiger partial charge in [0.2, 0.25) is 0 Å². The van der Waals surface area contributed by atoms with Crippen molar-refractivity contribution in [2.24, 2.45) is 0 Å². The van der Waals surface area contributed by atoms with Gasteiger partial charge in [0.1, 0.15) is 5.75 Å². The molecule has 1 fully saturated rings. The van der Waals surface area contributed by atoms with Crippen molar-refractivity contribution >= 4 is 5.69 Å². The van der Waals surface area contributed by atoms with Crippen LogP contribution in [0.3, 0.4) is 0 Å². The number of hydrogen-bond donors (Lipinski definition) is 3. The van der Waals surface area contributed by atoms with E-state index in [0.29, 0.717) is 17.8 Å².